The molecule has 1 aliphatic carbocycles. The van der Waals surface area contributed by atoms with Gasteiger partial charge in [0.1, 0.15) is 11.5 Å². The van der Waals surface area contributed by atoms with E-state index in [2.05, 4.69) is 15.9 Å². The molecule has 0 radical (unpaired) electrons. The molecule has 0 aromatic heterocycles. The van der Waals surface area contributed by atoms with E-state index in [0.717, 1.165) is 10.0 Å². The first-order valence-electron chi connectivity index (χ1n) is 5.71. The highest BCUT2D eigenvalue weighted by Crippen LogP contribution is 2.33. The number of esters is 1. The number of allylic oxidation sites excluding steroid dienone is 2. The molecular formula is C14H13BrO3. The van der Waals surface area contributed by atoms with Crippen LogP contribution in [0.5, 0.6) is 0 Å². The molecule has 3 nitrogen and oxygen atoms in total. The summed E-state index contributed by atoms with van der Waals surface area (Å²) >= 11 is 3.47. The van der Waals surface area contributed by atoms with E-state index < -0.39 is 0 Å². The van der Waals surface area contributed by atoms with Gasteiger partial charge in [-0.2, -0.15) is 0 Å². The summed E-state index contributed by atoms with van der Waals surface area (Å²) in [4.78, 5) is 22.6. The lowest BCUT2D eigenvalue weighted by molar-refractivity contribution is -0.137. The van der Waals surface area contributed by atoms with Crippen LogP contribution in [0.3, 0.4) is 0 Å². The van der Waals surface area contributed by atoms with Crippen molar-refractivity contribution in [1.82, 2.24) is 0 Å². The van der Waals surface area contributed by atoms with Crippen molar-refractivity contribution in [3.63, 3.8) is 0 Å². The molecule has 1 atom stereocenters. The average Bonchev–Trinajstić information content (AvgIpc) is 2.27. The Kier molecular flexibility index (Phi) is 3.97. The maximum Gasteiger partial charge on any atom is 0.307 e. The molecule has 1 aromatic carbocycles. The van der Waals surface area contributed by atoms with Crippen molar-refractivity contribution in [2.45, 2.75) is 25.7 Å². The number of benzene rings is 1. The van der Waals surface area contributed by atoms with Gasteiger partial charge in [-0.3, -0.25) is 9.59 Å². The maximum absolute atomic E-state index is 11.7. The Labute approximate surface area is 114 Å². The van der Waals surface area contributed by atoms with Crippen molar-refractivity contribution >= 4 is 27.7 Å². The lowest BCUT2D eigenvalue weighted by atomic mass is 9.88. The molecule has 0 bridgehead atoms. The molecule has 0 heterocycles. The highest BCUT2D eigenvalue weighted by molar-refractivity contribution is 9.10. The summed E-state index contributed by atoms with van der Waals surface area (Å²) in [6.07, 6.45) is 2.52. The smallest absolute Gasteiger partial charge is 0.307 e. The van der Waals surface area contributed by atoms with Crippen LogP contribution in [0.15, 0.2) is 40.6 Å². The predicted octanol–water partition coefficient (Wildman–Crippen LogP) is 3.34. The SMILES string of the molecule is CC(=O)OC1=CC(c2ccccc2Br)CC(=O)C1. The number of carbonyl (C=O) groups is 2. The standard InChI is InChI=1S/C14H13BrO3/c1-9(16)18-12-7-10(6-11(17)8-12)13-4-2-3-5-14(13)15/h2-5,7,10H,6,8H2,1H3. The Morgan fingerprint density at radius 1 is 1.39 bits per heavy atom. The zero-order chi connectivity index (χ0) is 13.1. The Bertz CT molecular complexity index is 520. The van der Waals surface area contributed by atoms with E-state index in [-0.39, 0.29) is 24.1 Å². The molecule has 1 unspecified atom stereocenters. The Hall–Kier alpha value is -1.42. The highest BCUT2D eigenvalue weighted by atomic mass is 79.9. The fraction of sp³-hybridized carbons (Fsp3) is 0.286. The molecule has 18 heavy (non-hydrogen) atoms. The van der Waals surface area contributed by atoms with Crippen LogP contribution in [0.2, 0.25) is 0 Å². The van der Waals surface area contributed by atoms with Gasteiger partial charge in [-0.05, 0) is 17.7 Å². The molecule has 1 aromatic rings. The second kappa shape index (κ2) is 5.48. The van der Waals surface area contributed by atoms with Gasteiger partial charge in [0.25, 0.3) is 0 Å². The highest BCUT2D eigenvalue weighted by Gasteiger charge is 2.24. The van der Waals surface area contributed by atoms with Crippen LogP contribution in [-0.4, -0.2) is 11.8 Å². The fourth-order valence-electron chi connectivity index (χ4n) is 2.08. The van der Waals surface area contributed by atoms with Gasteiger partial charge >= 0.3 is 5.97 Å². The summed E-state index contributed by atoms with van der Waals surface area (Å²) in [7, 11) is 0. The van der Waals surface area contributed by atoms with Crippen LogP contribution in [0.4, 0.5) is 0 Å². The van der Waals surface area contributed by atoms with Crippen LogP contribution < -0.4 is 0 Å². The van der Waals surface area contributed by atoms with E-state index in [1.165, 1.54) is 6.92 Å². The normalized spacial score (nSPS) is 19.3. The molecule has 94 valence electrons. The third kappa shape index (κ3) is 3.07. The Morgan fingerprint density at radius 2 is 2.11 bits per heavy atom. The molecule has 0 aliphatic heterocycles. The van der Waals surface area contributed by atoms with Gasteiger partial charge in [0.15, 0.2) is 0 Å². The second-order valence-electron chi connectivity index (χ2n) is 4.27. The predicted molar refractivity (Wildman–Crippen MR) is 71.0 cm³/mol. The maximum atomic E-state index is 11.7. The minimum Gasteiger partial charge on any atom is -0.431 e. The van der Waals surface area contributed by atoms with Crippen molar-refractivity contribution in [2.75, 3.05) is 0 Å². The number of ether oxygens (including phenoxy) is 1. The van der Waals surface area contributed by atoms with Crippen molar-refractivity contribution in [3.8, 4) is 0 Å². The summed E-state index contributed by atoms with van der Waals surface area (Å²) in [5.41, 5.74) is 1.04. The summed E-state index contributed by atoms with van der Waals surface area (Å²) in [6.45, 7) is 1.34. The topological polar surface area (TPSA) is 43.4 Å². The molecule has 0 fully saturated rings. The van der Waals surface area contributed by atoms with E-state index >= 15 is 0 Å². The monoisotopic (exact) mass is 308 g/mol. The lowest BCUT2D eigenvalue weighted by Crippen LogP contribution is -2.15. The zero-order valence-corrected chi connectivity index (χ0v) is 11.6. The molecule has 0 amide bonds. The third-order valence-electron chi connectivity index (χ3n) is 2.79. The van der Waals surface area contributed by atoms with Crippen molar-refractivity contribution < 1.29 is 14.3 Å². The molecule has 4 heteroatoms. The van der Waals surface area contributed by atoms with E-state index in [1.807, 2.05) is 30.3 Å². The first-order valence-corrected chi connectivity index (χ1v) is 6.51. The Morgan fingerprint density at radius 3 is 2.78 bits per heavy atom. The quantitative estimate of drug-likeness (QED) is 0.787. The van der Waals surface area contributed by atoms with Crippen LogP contribution in [-0.2, 0) is 14.3 Å². The van der Waals surface area contributed by atoms with E-state index in [9.17, 15) is 9.59 Å². The number of rotatable bonds is 2. The number of Topliss-reactive ketones (excluding diaryl/α,β-unsaturated/α-hetero) is 1. The first-order chi connectivity index (χ1) is 8.56. The summed E-state index contributed by atoms with van der Waals surface area (Å²) < 4.78 is 6.00. The van der Waals surface area contributed by atoms with E-state index in [1.54, 1.807) is 0 Å². The molecule has 0 N–H and O–H groups in total. The first kappa shape index (κ1) is 13.0. The van der Waals surface area contributed by atoms with Crippen LogP contribution in [0, 0.1) is 0 Å². The summed E-state index contributed by atoms with van der Waals surface area (Å²) in [5.74, 6) is 0.131. The number of ketones is 1. The second-order valence-corrected chi connectivity index (χ2v) is 5.13. The van der Waals surface area contributed by atoms with E-state index in [4.69, 9.17) is 4.74 Å². The van der Waals surface area contributed by atoms with Crippen LogP contribution in [0.25, 0.3) is 0 Å². The number of carbonyl (C=O) groups excluding carboxylic acids is 2. The summed E-state index contributed by atoms with van der Waals surface area (Å²) in [6, 6.07) is 7.76. The van der Waals surface area contributed by atoms with Gasteiger partial charge in [-0.1, -0.05) is 34.1 Å². The number of hydrogen-bond donors (Lipinski definition) is 0. The van der Waals surface area contributed by atoms with Gasteiger partial charge in [0.05, 0.1) is 6.42 Å². The summed E-state index contributed by atoms with van der Waals surface area (Å²) in [5, 5.41) is 0. The van der Waals surface area contributed by atoms with Crippen LogP contribution in [0.1, 0.15) is 31.2 Å². The number of hydrogen-bond acceptors (Lipinski definition) is 3. The third-order valence-corrected chi connectivity index (χ3v) is 3.51. The molecule has 0 saturated carbocycles. The molecule has 2 rings (SSSR count). The minimum atomic E-state index is -0.387. The average molecular weight is 309 g/mol. The van der Waals surface area contributed by atoms with Gasteiger partial charge in [-0.15, -0.1) is 0 Å². The lowest BCUT2D eigenvalue weighted by Gasteiger charge is -2.20. The van der Waals surface area contributed by atoms with E-state index in [0.29, 0.717) is 12.2 Å². The zero-order valence-electron chi connectivity index (χ0n) is 9.98. The number of halogens is 1. The van der Waals surface area contributed by atoms with Crippen LogP contribution >= 0.6 is 15.9 Å². The largest absolute Gasteiger partial charge is 0.431 e. The molecule has 1 aliphatic rings. The van der Waals surface area contributed by atoms with Crippen molar-refractivity contribution in [1.29, 1.82) is 0 Å². The van der Waals surface area contributed by atoms with Gasteiger partial charge < -0.3 is 4.74 Å². The van der Waals surface area contributed by atoms with Gasteiger partial charge in [0.2, 0.25) is 0 Å². The van der Waals surface area contributed by atoms with Gasteiger partial charge in [-0.25, -0.2) is 0 Å². The van der Waals surface area contributed by atoms with Crippen molar-refractivity contribution in [2.24, 2.45) is 0 Å². The fourth-order valence-corrected chi connectivity index (χ4v) is 2.66. The molecule has 0 spiro atoms. The minimum absolute atomic E-state index is 0.0313. The van der Waals surface area contributed by atoms with Crippen molar-refractivity contribution in [3.05, 3.63) is 46.1 Å². The molecule has 0 saturated heterocycles. The van der Waals surface area contributed by atoms with Gasteiger partial charge in [0, 0.05) is 23.7 Å². The molecular weight excluding hydrogens is 296 g/mol. The Balaban J connectivity index is 2.30.